The van der Waals surface area contributed by atoms with Gasteiger partial charge in [0.1, 0.15) is 4.90 Å². The van der Waals surface area contributed by atoms with Gasteiger partial charge in [0.05, 0.1) is 3.79 Å². The molecule has 1 heterocycles. The van der Waals surface area contributed by atoms with Crippen LogP contribution in [0.5, 0.6) is 0 Å². The quantitative estimate of drug-likeness (QED) is 0.777. The Morgan fingerprint density at radius 3 is 2.53 bits per heavy atom. The van der Waals surface area contributed by atoms with Crippen LogP contribution in [0, 0.1) is 0 Å². The number of hydrogen-bond donors (Lipinski definition) is 2. The second-order valence-corrected chi connectivity index (χ2v) is 9.08. The molecule has 0 saturated carbocycles. The van der Waals surface area contributed by atoms with E-state index in [1.54, 1.807) is 6.07 Å². The second-order valence-electron chi connectivity index (χ2n) is 4.97. The summed E-state index contributed by atoms with van der Waals surface area (Å²) >= 11 is 4.80. The van der Waals surface area contributed by atoms with Crippen LogP contribution in [0.1, 0.15) is 39.0 Å². The maximum atomic E-state index is 12.4. The van der Waals surface area contributed by atoms with Crippen LogP contribution >= 0.6 is 27.3 Å². The Morgan fingerprint density at radius 2 is 2.00 bits per heavy atom. The number of nitrogens with one attached hydrogen (secondary N) is 2. The maximum Gasteiger partial charge on any atom is 0.243 e. The predicted molar refractivity (Wildman–Crippen MR) is 84.1 cm³/mol. The molecule has 0 atom stereocenters. The van der Waals surface area contributed by atoms with Crippen molar-refractivity contribution in [1.29, 1.82) is 0 Å². The van der Waals surface area contributed by atoms with Gasteiger partial charge in [-0.1, -0.05) is 13.8 Å². The molecule has 0 aromatic carbocycles. The lowest BCUT2D eigenvalue weighted by molar-refractivity contribution is 0.439. The Balaban J connectivity index is 2.98. The molecule has 0 radical (unpaired) electrons. The Kier molecular flexibility index (Phi) is 6.00. The van der Waals surface area contributed by atoms with Gasteiger partial charge in [0.25, 0.3) is 0 Å². The van der Waals surface area contributed by atoms with Gasteiger partial charge in [-0.2, -0.15) is 0 Å². The smallest absolute Gasteiger partial charge is 0.243 e. The molecule has 0 saturated heterocycles. The van der Waals surface area contributed by atoms with Gasteiger partial charge in [-0.15, -0.1) is 11.3 Å². The number of rotatable bonds is 7. The first-order valence-electron chi connectivity index (χ1n) is 6.24. The highest BCUT2D eigenvalue weighted by molar-refractivity contribution is 9.11. The summed E-state index contributed by atoms with van der Waals surface area (Å²) in [6, 6.07) is 1.73. The minimum absolute atomic E-state index is 0.326. The molecule has 0 aliphatic rings. The third kappa shape index (κ3) is 4.82. The van der Waals surface area contributed by atoms with Gasteiger partial charge in [-0.05, 0) is 48.8 Å². The molecule has 0 amide bonds. The Bertz CT molecular complexity index is 524. The molecule has 0 aliphatic carbocycles. The summed E-state index contributed by atoms with van der Waals surface area (Å²) in [5.41, 5.74) is -0.442. The number of thiophene rings is 1. The average Bonchev–Trinajstić information content (AvgIpc) is 2.67. The van der Waals surface area contributed by atoms with Crippen LogP contribution in [0.3, 0.4) is 0 Å². The van der Waals surface area contributed by atoms with E-state index in [9.17, 15) is 8.42 Å². The van der Waals surface area contributed by atoms with Gasteiger partial charge in [0.15, 0.2) is 0 Å². The number of halogens is 1. The minimum atomic E-state index is -3.48. The normalized spacial score (nSPS) is 12.9. The second kappa shape index (κ2) is 6.67. The van der Waals surface area contributed by atoms with Crippen LogP contribution in [0.4, 0.5) is 0 Å². The standard InChI is InChI=1S/C12H21BrN2O2S2/c1-5-12(3,4)15-19(16,17)10-7-9(8-14-6-2)18-11(10)13/h7,14-15H,5-6,8H2,1-4H3. The first-order chi connectivity index (χ1) is 8.72. The van der Waals surface area contributed by atoms with Crippen molar-refractivity contribution in [1.82, 2.24) is 10.0 Å². The summed E-state index contributed by atoms with van der Waals surface area (Å²) < 4.78 is 28.1. The van der Waals surface area contributed by atoms with Gasteiger partial charge in [-0.3, -0.25) is 0 Å². The summed E-state index contributed by atoms with van der Waals surface area (Å²) in [7, 11) is -3.48. The SMILES string of the molecule is CCNCc1cc(S(=O)(=O)NC(C)(C)CC)c(Br)s1. The summed E-state index contributed by atoms with van der Waals surface area (Å²) in [4.78, 5) is 1.33. The molecule has 7 heteroatoms. The molecule has 110 valence electrons. The van der Waals surface area contributed by atoms with Crippen molar-refractivity contribution in [2.75, 3.05) is 6.54 Å². The van der Waals surface area contributed by atoms with E-state index in [4.69, 9.17) is 0 Å². The largest absolute Gasteiger partial charge is 0.312 e. The average molecular weight is 369 g/mol. The van der Waals surface area contributed by atoms with Crippen molar-refractivity contribution in [3.8, 4) is 0 Å². The first kappa shape index (κ1) is 17.1. The van der Waals surface area contributed by atoms with Gasteiger partial charge < -0.3 is 5.32 Å². The maximum absolute atomic E-state index is 12.4. The lowest BCUT2D eigenvalue weighted by Gasteiger charge is -2.23. The molecule has 0 aliphatic heterocycles. The fraction of sp³-hybridized carbons (Fsp3) is 0.667. The van der Waals surface area contributed by atoms with Crippen LogP contribution in [0.2, 0.25) is 0 Å². The summed E-state index contributed by atoms with van der Waals surface area (Å²) in [6.07, 6.45) is 0.734. The Labute approximate surface area is 128 Å². The highest BCUT2D eigenvalue weighted by Crippen LogP contribution is 2.32. The van der Waals surface area contributed by atoms with E-state index in [-0.39, 0.29) is 0 Å². The molecule has 2 N–H and O–H groups in total. The summed E-state index contributed by atoms with van der Waals surface area (Å²) in [5, 5.41) is 3.19. The third-order valence-corrected chi connectivity index (χ3v) is 6.79. The van der Waals surface area contributed by atoms with Crippen LogP contribution in [0.15, 0.2) is 14.7 Å². The van der Waals surface area contributed by atoms with Crippen molar-refractivity contribution in [2.45, 2.75) is 51.1 Å². The Hall–Kier alpha value is 0.0500. The molecule has 0 spiro atoms. The van der Waals surface area contributed by atoms with E-state index in [0.29, 0.717) is 15.2 Å². The summed E-state index contributed by atoms with van der Waals surface area (Å²) in [6.45, 7) is 9.29. The molecule has 0 unspecified atom stereocenters. The highest BCUT2D eigenvalue weighted by atomic mass is 79.9. The van der Waals surface area contributed by atoms with Crippen molar-refractivity contribution >= 4 is 37.3 Å². The molecule has 0 bridgehead atoms. The molecule has 1 aromatic rings. The van der Waals surface area contributed by atoms with E-state index in [1.165, 1.54) is 11.3 Å². The fourth-order valence-electron chi connectivity index (χ4n) is 1.41. The molecule has 0 fully saturated rings. The van der Waals surface area contributed by atoms with Crippen LogP contribution in [-0.2, 0) is 16.6 Å². The number of sulfonamides is 1. The van der Waals surface area contributed by atoms with E-state index in [0.717, 1.165) is 17.8 Å². The van der Waals surface area contributed by atoms with E-state index in [1.807, 2.05) is 27.7 Å². The van der Waals surface area contributed by atoms with Crippen LogP contribution < -0.4 is 10.0 Å². The van der Waals surface area contributed by atoms with Crippen molar-refractivity contribution < 1.29 is 8.42 Å². The highest BCUT2D eigenvalue weighted by Gasteiger charge is 2.27. The lowest BCUT2D eigenvalue weighted by atomic mass is 10.0. The molecule has 19 heavy (non-hydrogen) atoms. The Morgan fingerprint density at radius 1 is 1.37 bits per heavy atom. The first-order valence-corrected chi connectivity index (χ1v) is 9.34. The van der Waals surface area contributed by atoms with Crippen LogP contribution in [-0.4, -0.2) is 20.5 Å². The third-order valence-electron chi connectivity index (χ3n) is 2.84. The molecule has 4 nitrogen and oxygen atoms in total. The van der Waals surface area contributed by atoms with E-state index < -0.39 is 15.6 Å². The minimum Gasteiger partial charge on any atom is -0.312 e. The summed E-state index contributed by atoms with van der Waals surface area (Å²) in [5.74, 6) is 0. The molecule has 1 rings (SSSR count). The molecular formula is C12H21BrN2O2S2. The molecule has 1 aromatic heterocycles. The van der Waals surface area contributed by atoms with E-state index in [2.05, 4.69) is 26.0 Å². The zero-order chi connectivity index (χ0) is 14.7. The van der Waals surface area contributed by atoms with Crippen molar-refractivity contribution in [2.24, 2.45) is 0 Å². The van der Waals surface area contributed by atoms with Crippen LogP contribution in [0.25, 0.3) is 0 Å². The zero-order valence-corrected chi connectivity index (χ0v) is 14.9. The monoisotopic (exact) mass is 368 g/mol. The van der Waals surface area contributed by atoms with Gasteiger partial charge in [-0.25, -0.2) is 13.1 Å². The fourth-order valence-corrected chi connectivity index (χ4v) is 5.54. The van der Waals surface area contributed by atoms with Gasteiger partial charge in [0, 0.05) is 17.0 Å². The molecular weight excluding hydrogens is 348 g/mol. The topological polar surface area (TPSA) is 58.2 Å². The van der Waals surface area contributed by atoms with Gasteiger partial charge >= 0.3 is 0 Å². The number of hydrogen-bond acceptors (Lipinski definition) is 4. The van der Waals surface area contributed by atoms with Crippen molar-refractivity contribution in [3.05, 3.63) is 14.7 Å². The zero-order valence-electron chi connectivity index (χ0n) is 11.7. The lowest BCUT2D eigenvalue weighted by Crippen LogP contribution is -2.42. The predicted octanol–water partition coefficient (Wildman–Crippen LogP) is 3.09. The van der Waals surface area contributed by atoms with E-state index >= 15 is 0 Å². The van der Waals surface area contributed by atoms with Crippen molar-refractivity contribution in [3.63, 3.8) is 0 Å². The van der Waals surface area contributed by atoms with Gasteiger partial charge in [0.2, 0.25) is 10.0 Å².